The fourth-order valence-electron chi connectivity index (χ4n) is 5.27. The molecule has 2 amide bonds. The highest BCUT2D eigenvalue weighted by Crippen LogP contribution is 2.38. The molecule has 0 aromatic carbocycles. The van der Waals surface area contributed by atoms with E-state index in [9.17, 15) is 18.0 Å². The van der Waals surface area contributed by atoms with Crippen LogP contribution in [0.4, 0.5) is 10.5 Å². The summed E-state index contributed by atoms with van der Waals surface area (Å²) in [7, 11) is -3.47. The van der Waals surface area contributed by atoms with E-state index in [1.165, 1.54) is 12.5 Å². The van der Waals surface area contributed by atoms with Gasteiger partial charge in [-0.1, -0.05) is 26.2 Å². The van der Waals surface area contributed by atoms with Crippen LogP contribution in [0.25, 0.3) is 0 Å². The van der Waals surface area contributed by atoms with E-state index in [1.54, 1.807) is 10.6 Å². The molecule has 2 bridgehead atoms. The molecule has 2 fully saturated rings. The number of aromatic nitrogens is 1. The van der Waals surface area contributed by atoms with E-state index in [2.05, 4.69) is 10.0 Å². The number of hydrogen-bond acceptors (Lipinski definition) is 4. The molecule has 9 heteroatoms. The minimum absolute atomic E-state index is 0.0311. The molecule has 8 nitrogen and oxygen atoms in total. The minimum Gasteiger partial charge on any atom is -0.335 e. The van der Waals surface area contributed by atoms with Crippen LogP contribution in [-0.2, 0) is 16.6 Å². The summed E-state index contributed by atoms with van der Waals surface area (Å²) in [5, 5.41) is 3.19. The summed E-state index contributed by atoms with van der Waals surface area (Å²) < 4.78 is 29.1. The van der Waals surface area contributed by atoms with Gasteiger partial charge in [-0.25, -0.2) is 13.2 Å². The van der Waals surface area contributed by atoms with Crippen LogP contribution >= 0.6 is 0 Å². The van der Waals surface area contributed by atoms with Gasteiger partial charge in [0.2, 0.25) is 10.0 Å². The molecule has 1 saturated heterocycles. The zero-order valence-corrected chi connectivity index (χ0v) is 18.4. The number of carbonyl (C=O) groups excluding carboxylic acids is 1. The molecular formula is C21H32N4O4S. The Morgan fingerprint density at radius 1 is 1.13 bits per heavy atom. The number of piperidine rings is 1. The molecule has 2 aliphatic heterocycles. The van der Waals surface area contributed by atoms with E-state index in [1.807, 2.05) is 11.8 Å². The number of fused-ring (bicyclic) bond motifs is 4. The number of sulfonamides is 1. The average molecular weight is 437 g/mol. The SMILES string of the molecule is CCCS(=O)(=O)Nc1ccc(=O)n2c1[C@@H]1C[C@@H](CN(C(=O)NC3CCCCC3)C1)C2. The molecule has 4 rings (SSSR count). The van der Waals surface area contributed by atoms with E-state index < -0.39 is 10.0 Å². The Kier molecular flexibility index (Phi) is 6.09. The van der Waals surface area contributed by atoms with Gasteiger partial charge in [-0.2, -0.15) is 0 Å². The Balaban J connectivity index is 1.56. The maximum Gasteiger partial charge on any atom is 0.317 e. The van der Waals surface area contributed by atoms with E-state index >= 15 is 0 Å². The third kappa shape index (κ3) is 4.50. The summed E-state index contributed by atoms with van der Waals surface area (Å²) in [4.78, 5) is 27.3. The number of hydrogen-bond donors (Lipinski definition) is 2. The lowest BCUT2D eigenvalue weighted by Gasteiger charge is -2.43. The number of pyridine rings is 1. The van der Waals surface area contributed by atoms with Crippen LogP contribution < -0.4 is 15.6 Å². The van der Waals surface area contributed by atoms with Crippen molar-refractivity contribution in [1.82, 2.24) is 14.8 Å². The fraction of sp³-hybridized carbons (Fsp3) is 0.714. The van der Waals surface area contributed by atoms with Crippen molar-refractivity contribution in [2.45, 2.75) is 70.4 Å². The minimum atomic E-state index is -3.47. The van der Waals surface area contributed by atoms with Gasteiger partial charge in [0, 0.05) is 37.7 Å². The van der Waals surface area contributed by atoms with E-state index in [-0.39, 0.29) is 35.2 Å². The van der Waals surface area contributed by atoms with Crippen molar-refractivity contribution < 1.29 is 13.2 Å². The quantitative estimate of drug-likeness (QED) is 0.740. The maximum atomic E-state index is 12.9. The molecule has 3 heterocycles. The van der Waals surface area contributed by atoms with Crippen molar-refractivity contribution >= 4 is 21.7 Å². The van der Waals surface area contributed by atoms with Gasteiger partial charge in [0.15, 0.2) is 0 Å². The van der Waals surface area contributed by atoms with Crippen LogP contribution in [0.1, 0.15) is 63.5 Å². The Hall–Kier alpha value is -2.03. The number of rotatable bonds is 5. The maximum absolute atomic E-state index is 12.9. The molecule has 2 atom stereocenters. The third-order valence-corrected chi connectivity index (χ3v) is 8.02. The van der Waals surface area contributed by atoms with Crippen molar-refractivity contribution in [3.63, 3.8) is 0 Å². The summed E-state index contributed by atoms with van der Waals surface area (Å²) in [6.45, 7) is 3.47. The highest BCUT2D eigenvalue weighted by atomic mass is 32.2. The predicted molar refractivity (Wildman–Crippen MR) is 116 cm³/mol. The zero-order valence-electron chi connectivity index (χ0n) is 17.6. The standard InChI is InChI=1S/C21H32N4O4S/c1-2-10-30(28,29)23-18-8-9-19(26)25-13-15-11-16(20(18)25)14-24(12-15)21(27)22-17-6-4-3-5-7-17/h8-9,15-17,23H,2-7,10-14H2,1H3,(H,22,27)/t15-,16+/m0/s1. The van der Waals surface area contributed by atoms with Crippen molar-refractivity contribution in [2.75, 3.05) is 23.6 Å². The number of amides is 2. The molecule has 166 valence electrons. The number of nitrogens with zero attached hydrogens (tertiary/aromatic N) is 2. The first kappa shape index (κ1) is 21.2. The van der Waals surface area contributed by atoms with Gasteiger partial charge in [0.1, 0.15) is 0 Å². The first-order chi connectivity index (χ1) is 14.4. The first-order valence-electron chi connectivity index (χ1n) is 11.2. The van der Waals surface area contributed by atoms with Crippen LogP contribution in [0.2, 0.25) is 0 Å². The zero-order chi connectivity index (χ0) is 21.3. The normalized spacial score (nSPS) is 24.2. The van der Waals surface area contributed by atoms with E-state index in [0.29, 0.717) is 37.4 Å². The molecule has 0 spiro atoms. The summed E-state index contributed by atoms with van der Waals surface area (Å²) in [6, 6.07) is 3.22. The van der Waals surface area contributed by atoms with Crippen LogP contribution in [0, 0.1) is 5.92 Å². The van der Waals surface area contributed by atoms with Gasteiger partial charge in [0.05, 0.1) is 17.1 Å². The smallest absolute Gasteiger partial charge is 0.317 e. The number of carbonyl (C=O) groups is 1. The number of urea groups is 1. The summed E-state index contributed by atoms with van der Waals surface area (Å²) in [5.74, 6) is 0.186. The number of anilines is 1. The lowest BCUT2D eigenvalue weighted by molar-refractivity contribution is 0.128. The molecular weight excluding hydrogens is 404 g/mol. The molecule has 0 radical (unpaired) electrons. The van der Waals surface area contributed by atoms with E-state index in [0.717, 1.165) is 32.1 Å². The molecule has 30 heavy (non-hydrogen) atoms. The molecule has 1 aromatic rings. The van der Waals surface area contributed by atoms with Crippen LogP contribution in [-0.4, -0.2) is 48.8 Å². The van der Waals surface area contributed by atoms with Crippen molar-refractivity contribution in [1.29, 1.82) is 0 Å². The van der Waals surface area contributed by atoms with Gasteiger partial charge in [0.25, 0.3) is 5.56 Å². The second kappa shape index (κ2) is 8.61. The Labute approximate surface area is 178 Å². The summed E-state index contributed by atoms with van der Waals surface area (Å²) >= 11 is 0. The monoisotopic (exact) mass is 436 g/mol. The second-order valence-corrected chi connectivity index (χ2v) is 10.8. The van der Waals surface area contributed by atoms with Crippen molar-refractivity contribution in [3.05, 3.63) is 28.2 Å². The highest BCUT2D eigenvalue weighted by molar-refractivity contribution is 7.92. The van der Waals surface area contributed by atoms with Gasteiger partial charge in [-0.05, 0) is 37.7 Å². The van der Waals surface area contributed by atoms with Crippen LogP contribution in [0.3, 0.4) is 0 Å². The lowest BCUT2D eigenvalue weighted by atomic mass is 9.82. The average Bonchev–Trinajstić information content (AvgIpc) is 2.70. The summed E-state index contributed by atoms with van der Waals surface area (Å²) in [6.07, 6.45) is 7.01. The molecule has 2 N–H and O–H groups in total. The Bertz CT molecular complexity index is 952. The predicted octanol–water partition coefficient (Wildman–Crippen LogP) is 2.46. The number of nitrogens with one attached hydrogen (secondary N) is 2. The Morgan fingerprint density at radius 3 is 2.63 bits per heavy atom. The molecule has 0 unspecified atom stereocenters. The largest absolute Gasteiger partial charge is 0.335 e. The topological polar surface area (TPSA) is 101 Å². The van der Waals surface area contributed by atoms with Gasteiger partial charge in [-0.3, -0.25) is 9.52 Å². The van der Waals surface area contributed by atoms with Gasteiger partial charge >= 0.3 is 6.03 Å². The van der Waals surface area contributed by atoms with Crippen LogP contribution in [0.15, 0.2) is 16.9 Å². The molecule has 3 aliphatic rings. The lowest BCUT2D eigenvalue weighted by Crippen LogP contribution is -2.53. The van der Waals surface area contributed by atoms with Crippen molar-refractivity contribution in [3.8, 4) is 0 Å². The third-order valence-electron chi connectivity index (χ3n) is 6.55. The van der Waals surface area contributed by atoms with Crippen LogP contribution in [0.5, 0.6) is 0 Å². The molecule has 1 saturated carbocycles. The summed E-state index contributed by atoms with van der Waals surface area (Å²) in [5.41, 5.74) is 1.08. The van der Waals surface area contributed by atoms with Crippen molar-refractivity contribution in [2.24, 2.45) is 5.92 Å². The first-order valence-corrected chi connectivity index (χ1v) is 12.8. The Morgan fingerprint density at radius 2 is 1.90 bits per heavy atom. The molecule has 1 aromatic heterocycles. The fourth-order valence-corrected chi connectivity index (χ4v) is 6.41. The second-order valence-electron chi connectivity index (χ2n) is 8.99. The van der Waals surface area contributed by atoms with Gasteiger partial charge < -0.3 is 14.8 Å². The molecule has 1 aliphatic carbocycles. The number of likely N-dealkylation sites (tertiary alicyclic amines) is 1. The van der Waals surface area contributed by atoms with Gasteiger partial charge in [-0.15, -0.1) is 0 Å². The highest BCUT2D eigenvalue weighted by Gasteiger charge is 2.38. The van der Waals surface area contributed by atoms with E-state index in [4.69, 9.17) is 0 Å².